The van der Waals surface area contributed by atoms with Crippen LogP contribution in [0.3, 0.4) is 0 Å². The van der Waals surface area contributed by atoms with Gasteiger partial charge < -0.3 is 10.5 Å². The second-order valence-electron chi connectivity index (χ2n) is 6.80. The molecule has 2 N–H and O–H groups in total. The molecule has 1 fully saturated rings. The summed E-state index contributed by atoms with van der Waals surface area (Å²) in [6.07, 6.45) is 8.31. The van der Waals surface area contributed by atoms with Gasteiger partial charge >= 0.3 is 0 Å². The van der Waals surface area contributed by atoms with E-state index in [0.29, 0.717) is 12.1 Å². The van der Waals surface area contributed by atoms with E-state index in [1.54, 1.807) is 7.11 Å². The Bertz CT molecular complexity index is 672. The normalized spacial score (nSPS) is 20.6. The van der Waals surface area contributed by atoms with Crippen LogP contribution in [0.5, 0.6) is 5.75 Å². The number of hydrogen-bond donors (Lipinski definition) is 1. The molecule has 134 valence electrons. The third kappa shape index (κ3) is 5.03. The van der Waals surface area contributed by atoms with Crippen LogP contribution in [0, 0.1) is 0 Å². The summed E-state index contributed by atoms with van der Waals surface area (Å²) in [5.41, 5.74) is 8.70. The Morgan fingerprint density at radius 3 is 2.40 bits per heavy atom. The first-order valence-electron chi connectivity index (χ1n) is 8.86. The molecule has 0 amide bonds. The number of halogens is 1. The molecule has 1 aromatic heterocycles. The van der Waals surface area contributed by atoms with Crippen molar-refractivity contribution >= 4 is 15.9 Å². The average Bonchev–Trinajstić information content (AvgIpc) is 2.63. The van der Waals surface area contributed by atoms with Crippen LogP contribution in [-0.4, -0.2) is 29.1 Å². The number of methoxy groups -OCH3 is 1. The van der Waals surface area contributed by atoms with Gasteiger partial charge in [-0.2, -0.15) is 0 Å². The minimum Gasteiger partial charge on any atom is -0.496 e. The lowest BCUT2D eigenvalue weighted by molar-refractivity contribution is 0.134. The lowest BCUT2D eigenvalue weighted by Crippen LogP contribution is -2.40. The zero-order valence-corrected chi connectivity index (χ0v) is 16.3. The molecule has 25 heavy (non-hydrogen) atoms. The van der Waals surface area contributed by atoms with Crippen molar-refractivity contribution in [2.75, 3.05) is 7.11 Å². The van der Waals surface area contributed by atoms with Crippen molar-refractivity contribution < 1.29 is 4.74 Å². The first kappa shape index (κ1) is 18.4. The molecule has 1 aliphatic rings. The van der Waals surface area contributed by atoms with Crippen LogP contribution in [0.15, 0.2) is 47.2 Å². The van der Waals surface area contributed by atoms with E-state index in [-0.39, 0.29) is 0 Å². The molecule has 5 heteroatoms. The van der Waals surface area contributed by atoms with E-state index in [0.717, 1.165) is 36.2 Å². The van der Waals surface area contributed by atoms with E-state index in [1.807, 2.05) is 18.5 Å². The maximum atomic E-state index is 6.11. The molecule has 0 atom stereocenters. The van der Waals surface area contributed by atoms with Crippen LogP contribution in [0.1, 0.15) is 36.8 Å². The fourth-order valence-corrected chi connectivity index (χ4v) is 4.13. The molecule has 2 aromatic rings. The Labute approximate surface area is 158 Å². The molecule has 1 aromatic carbocycles. The van der Waals surface area contributed by atoms with Crippen LogP contribution >= 0.6 is 15.9 Å². The first-order valence-corrected chi connectivity index (χ1v) is 9.66. The van der Waals surface area contributed by atoms with Crippen molar-refractivity contribution in [3.05, 3.63) is 58.3 Å². The SMILES string of the molecule is COc1ccc(CN(Cc2ccncc2)C2CCC(N)CC2)cc1Br. The standard InChI is InChI=1S/C20H26BrN3O/c1-25-20-7-2-16(12-19(20)21)14-24(13-15-8-10-23-11-9-15)18-5-3-17(22)4-6-18/h2,7-12,17-18H,3-6,13-14,22H2,1H3. The Kier molecular flexibility index (Phi) is 6.45. The summed E-state index contributed by atoms with van der Waals surface area (Å²) in [7, 11) is 1.70. The molecule has 3 rings (SSSR count). The maximum absolute atomic E-state index is 6.11. The van der Waals surface area contributed by atoms with Gasteiger partial charge in [-0.25, -0.2) is 0 Å². The van der Waals surface area contributed by atoms with Gasteiger partial charge in [0.2, 0.25) is 0 Å². The molecule has 1 aliphatic carbocycles. The van der Waals surface area contributed by atoms with Gasteiger partial charge in [-0.15, -0.1) is 0 Å². The highest BCUT2D eigenvalue weighted by Gasteiger charge is 2.24. The third-order valence-electron chi connectivity index (χ3n) is 4.99. The smallest absolute Gasteiger partial charge is 0.133 e. The number of nitrogens with two attached hydrogens (primary N) is 1. The minimum atomic E-state index is 0.370. The third-order valence-corrected chi connectivity index (χ3v) is 5.61. The van der Waals surface area contributed by atoms with Crippen molar-refractivity contribution in [1.82, 2.24) is 9.88 Å². The van der Waals surface area contributed by atoms with E-state index in [9.17, 15) is 0 Å². The highest BCUT2D eigenvalue weighted by molar-refractivity contribution is 9.10. The molecule has 0 saturated heterocycles. The van der Waals surface area contributed by atoms with Crippen LogP contribution in [0.25, 0.3) is 0 Å². The van der Waals surface area contributed by atoms with Crippen LogP contribution in [0.4, 0.5) is 0 Å². The molecular formula is C20H26BrN3O. The number of pyridine rings is 1. The molecular weight excluding hydrogens is 378 g/mol. The summed E-state index contributed by atoms with van der Waals surface area (Å²) in [5, 5.41) is 0. The van der Waals surface area contributed by atoms with Gasteiger partial charge in [-0.05, 0) is 77.0 Å². The molecule has 0 spiro atoms. The predicted molar refractivity (Wildman–Crippen MR) is 104 cm³/mol. The summed E-state index contributed by atoms with van der Waals surface area (Å²) in [6.45, 7) is 1.86. The van der Waals surface area contributed by atoms with Crippen molar-refractivity contribution in [3.63, 3.8) is 0 Å². The first-order chi connectivity index (χ1) is 12.2. The van der Waals surface area contributed by atoms with Crippen molar-refractivity contribution in [1.29, 1.82) is 0 Å². The second-order valence-corrected chi connectivity index (χ2v) is 7.65. The minimum absolute atomic E-state index is 0.370. The Morgan fingerprint density at radius 2 is 1.76 bits per heavy atom. The van der Waals surface area contributed by atoms with E-state index < -0.39 is 0 Å². The molecule has 0 unspecified atom stereocenters. The van der Waals surface area contributed by atoms with Gasteiger partial charge in [0.25, 0.3) is 0 Å². The van der Waals surface area contributed by atoms with Gasteiger partial charge in [0.15, 0.2) is 0 Å². The molecule has 1 heterocycles. The number of ether oxygens (including phenoxy) is 1. The highest BCUT2D eigenvalue weighted by atomic mass is 79.9. The highest BCUT2D eigenvalue weighted by Crippen LogP contribution is 2.29. The molecule has 4 nitrogen and oxygen atoms in total. The van der Waals surface area contributed by atoms with E-state index in [2.05, 4.69) is 50.1 Å². The van der Waals surface area contributed by atoms with Crippen LogP contribution in [-0.2, 0) is 13.1 Å². The van der Waals surface area contributed by atoms with Gasteiger partial charge in [-0.3, -0.25) is 9.88 Å². The molecule has 0 aliphatic heterocycles. The summed E-state index contributed by atoms with van der Waals surface area (Å²) in [4.78, 5) is 6.71. The number of aromatic nitrogens is 1. The lowest BCUT2D eigenvalue weighted by atomic mass is 9.90. The Balaban J connectivity index is 1.76. The van der Waals surface area contributed by atoms with Crippen LogP contribution in [0.2, 0.25) is 0 Å². The zero-order chi connectivity index (χ0) is 17.6. The van der Waals surface area contributed by atoms with E-state index in [4.69, 9.17) is 10.5 Å². The summed E-state index contributed by atoms with van der Waals surface area (Å²) >= 11 is 3.60. The number of hydrogen-bond acceptors (Lipinski definition) is 4. The monoisotopic (exact) mass is 403 g/mol. The topological polar surface area (TPSA) is 51.4 Å². The van der Waals surface area contributed by atoms with Gasteiger partial charge in [-0.1, -0.05) is 6.07 Å². The van der Waals surface area contributed by atoms with Crippen molar-refractivity contribution in [3.8, 4) is 5.75 Å². The van der Waals surface area contributed by atoms with Crippen molar-refractivity contribution in [2.45, 2.75) is 50.9 Å². The molecule has 0 bridgehead atoms. The summed E-state index contributed by atoms with van der Waals surface area (Å²) < 4.78 is 6.35. The van der Waals surface area contributed by atoms with Gasteiger partial charge in [0.05, 0.1) is 11.6 Å². The predicted octanol–water partition coefficient (Wildman–Crippen LogP) is 4.12. The quantitative estimate of drug-likeness (QED) is 0.787. The number of nitrogens with zero attached hydrogens (tertiary/aromatic N) is 2. The molecule has 0 radical (unpaired) electrons. The summed E-state index contributed by atoms with van der Waals surface area (Å²) in [5.74, 6) is 0.869. The maximum Gasteiger partial charge on any atom is 0.133 e. The Hall–Kier alpha value is -1.43. The summed E-state index contributed by atoms with van der Waals surface area (Å²) in [6, 6.07) is 11.5. The second kappa shape index (κ2) is 8.79. The average molecular weight is 404 g/mol. The lowest BCUT2D eigenvalue weighted by Gasteiger charge is -2.36. The number of benzene rings is 1. The largest absolute Gasteiger partial charge is 0.496 e. The fourth-order valence-electron chi connectivity index (χ4n) is 3.55. The van der Waals surface area contributed by atoms with Crippen molar-refractivity contribution in [2.24, 2.45) is 5.73 Å². The van der Waals surface area contributed by atoms with Crippen LogP contribution < -0.4 is 10.5 Å². The van der Waals surface area contributed by atoms with Gasteiger partial charge in [0, 0.05) is 37.6 Å². The van der Waals surface area contributed by atoms with E-state index >= 15 is 0 Å². The van der Waals surface area contributed by atoms with Gasteiger partial charge in [0.1, 0.15) is 5.75 Å². The zero-order valence-electron chi connectivity index (χ0n) is 14.7. The Morgan fingerprint density at radius 1 is 1.08 bits per heavy atom. The van der Waals surface area contributed by atoms with E-state index in [1.165, 1.54) is 24.0 Å². The number of rotatable bonds is 6. The fraction of sp³-hybridized carbons (Fsp3) is 0.450. The molecule has 1 saturated carbocycles.